The number of hydrogen-bond acceptors (Lipinski definition) is 2. The maximum Gasteiger partial charge on any atom is 0.255 e. The van der Waals surface area contributed by atoms with Crippen LogP contribution in [0.15, 0.2) is 77.3 Å². The van der Waals surface area contributed by atoms with Crippen LogP contribution >= 0.6 is 15.9 Å². The van der Waals surface area contributed by atoms with Gasteiger partial charge in [-0.05, 0) is 63.8 Å². The van der Waals surface area contributed by atoms with Crippen LogP contribution in [0.25, 0.3) is 0 Å². The normalized spacial score (nSPS) is 12.7. The van der Waals surface area contributed by atoms with Crippen molar-refractivity contribution in [2.45, 2.75) is 13.0 Å². The highest BCUT2D eigenvalue weighted by molar-refractivity contribution is 9.10. The van der Waals surface area contributed by atoms with Gasteiger partial charge in [0, 0.05) is 28.8 Å². The van der Waals surface area contributed by atoms with Gasteiger partial charge in [-0.3, -0.25) is 4.79 Å². The molecule has 0 fully saturated rings. The number of fused-ring (bicyclic) bond motifs is 1. The van der Waals surface area contributed by atoms with E-state index >= 15 is 0 Å². The Morgan fingerprint density at radius 2 is 1.69 bits per heavy atom. The van der Waals surface area contributed by atoms with Gasteiger partial charge in [0.15, 0.2) is 0 Å². The van der Waals surface area contributed by atoms with Crippen LogP contribution in [0.5, 0.6) is 0 Å². The maximum absolute atomic E-state index is 12.4. The zero-order valence-corrected chi connectivity index (χ0v) is 15.9. The second-order valence-electron chi connectivity index (χ2n) is 6.43. The first kappa shape index (κ1) is 16.9. The van der Waals surface area contributed by atoms with E-state index in [2.05, 4.69) is 50.4 Å². The second-order valence-corrected chi connectivity index (χ2v) is 7.29. The molecule has 0 bridgehead atoms. The van der Waals surface area contributed by atoms with Crippen molar-refractivity contribution >= 4 is 33.2 Å². The Labute approximate surface area is 161 Å². The van der Waals surface area contributed by atoms with Crippen LogP contribution in [0.2, 0.25) is 0 Å². The van der Waals surface area contributed by atoms with E-state index in [4.69, 9.17) is 0 Å². The van der Waals surface area contributed by atoms with Crippen molar-refractivity contribution in [1.29, 1.82) is 0 Å². The smallest absolute Gasteiger partial charge is 0.255 e. The van der Waals surface area contributed by atoms with Gasteiger partial charge in [-0.2, -0.15) is 0 Å². The molecule has 4 heteroatoms. The molecule has 0 atom stereocenters. The van der Waals surface area contributed by atoms with Crippen molar-refractivity contribution in [2.24, 2.45) is 0 Å². The maximum atomic E-state index is 12.4. The lowest BCUT2D eigenvalue weighted by Crippen LogP contribution is -2.19. The third-order valence-corrected chi connectivity index (χ3v) is 5.39. The van der Waals surface area contributed by atoms with Crippen LogP contribution in [-0.4, -0.2) is 12.5 Å². The minimum Gasteiger partial charge on any atom is -0.367 e. The number of para-hydroxylation sites is 2. The Morgan fingerprint density at radius 1 is 0.962 bits per heavy atom. The van der Waals surface area contributed by atoms with Gasteiger partial charge in [0.2, 0.25) is 0 Å². The topological polar surface area (TPSA) is 32.3 Å². The highest BCUT2D eigenvalue weighted by Gasteiger charge is 2.18. The average Bonchev–Trinajstić information content (AvgIpc) is 3.07. The molecule has 0 saturated heterocycles. The average molecular weight is 407 g/mol. The molecule has 0 unspecified atom stereocenters. The number of amides is 1. The lowest BCUT2D eigenvalue weighted by Gasteiger charge is -2.19. The molecular formula is C22H19BrN2O. The molecule has 130 valence electrons. The summed E-state index contributed by atoms with van der Waals surface area (Å²) < 4.78 is 0.873. The molecule has 1 N–H and O–H groups in total. The molecule has 26 heavy (non-hydrogen) atoms. The zero-order valence-electron chi connectivity index (χ0n) is 14.3. The predicted molar refractivity (Wildman–Crippen MR) is 110 cm³/mol. The van der Waals surface area contributed by atoms with Gasteiger partial charge in [0.05, 0.1) is 5.69 Å². The molecule has 1 aliphatic heterocycles. The predicted octanol–water partition coefficient (Wildman–Crippen LogP) is 5.26. The molecule has 0 radical (unpaired) electrons. The summed E-state index contributed by atoms with van der Waals surface area (Å²) in [4.78, 5) is 14.8. The van der Waals surface area contributed by atoms with E-state index in [1.807, 2.05) is 48.5 Å². The Hall–Kier alpha value is -2.59. The van der Waals surface area contributed by atoms with Crippen LogP contribution in [0.3, 0.4) is 0 Å². The molecule has 1 heterocycles. The molecule has 3 aromatic carbocycles. The Morgan fingerprint density at radius 3 is 2.50 bits per heavy atom. The van der Waals surface area contributed by atoms with E-state index in [1.54, 1.807) is 0 Å². The fourth-order valence-electron chi connectivity index (χ4n) is 3.31. The summed E-state index contributed by atoms with van der Waals surface area (Å²) in [5.41, 5.74) is 5.38. The minimum absolute atomic E-state index is 0.102. The first-order chi connectivity index (χ1) is 12.7. The van der Waals surface area contributed by atoms with E-state index in [0.29, 0.717) is 5.56 Å². The van der Waals surface area contributed by atoms with Crippen LogP contribution in [0.1, 0.15) is 21.5 Å². The second kappa shape index (κ2) is 7.34. The van der Waals surface area contributed by atoms with Crippen LogP contribution in [0, 0.1) is 0 Å². The summed E-state index contributed by atoms with van der Waals surface area (Å²) in [6.45, 7) is 1.91. The minimum atomic E-state index is -0.102. The number of halogens is 1. The van der Waals surface area contributed by atoms with Gasteiger partial charge in [-0.15, -0.1) is 0 Å². The number of rotatable bonds is 4. The number of carbonyl (C=O) groups excluding carboxylic acids is 1. The quantitative estimate of drug-likeness (QED) is 0.640. The molecule has 0 spiro atoms. The largest absolute Gasteiger partial charge is 0.367 e. The Bertz CT molecular complexity index is 937. The number of anilines is 2. The van der Waals surface area contributed by atoms with Gasteiger partial charge in [0.25, 0.3) is 5.91 Å². The SMILES string of the molecule is O=C(Nc1ccccc1Br)c1ccc(CN2CCc3ccccc32)cc1. The molecule has 1 amide bonds. The lowest BCUT2D eigenvalue weighted by atomic mass is 10.1. The number of benzene rings is 3. The summed E-state index contributed by atoms with van der Waals surface area (Å²) >= 11 is 3.45. The summed E-state index contributed by atoms with van der Waals surface area (Å²) in [6, 6.07) is 24.0. The number of hydrogen-bond donors (Lipinski definition) is 1. The number of nitrogens with one attached hydrogen (secondary N) is 1. The number of nitrogens with zero attached hydrogens (tertiary/aromatic N) is 1. The highest BCUT2D eigenvalue weighted by Crippen LogP contribution is 2.29. The molecule has 0 aromatic heterocycles. The van der Waals surface area contributed by atoms with E-state index in [9.17, 15) is 4.79 Å². The molecular weight excluding hydrogens is 388 g/mol. The van der Waals surface area contributed by atoms with Crippen molar-refractivity contribution < 1.29 is 4.79 Å². The molecule has 3 aromatic rings. The summed E-state index contributed by atoms with van der Waals surface area (Å²) in [5, 5.41) is 2.94. The van der Waals surface area contributed by atoms with E-state index in [-0.39, 0.29) is 5.91 Å². The van der Waals surface area contributed by atoms with E-state index < -0.39 is 0 Å². The Kier molecular flexibility index (Phi) is 4.76. The summed E-state index contributed by atoms with van der Waals surface area (Å²) in [6.07, 6.45) is 1.10. The third kappa shape index (κ3) is 3.51. The molecule has 3 nitrogen and oxygen atoms in total. The lowest BCUT2D eigenvalue weighted by molar-refractivity contribution is 0.102. The van der Waals surface area contributed by atoms with Gasteiger partial charge in [-0.25, -0.2) is 0 Å². The molecule has 1 aliphatic rings. The van der Waals surface area contributed by atoms with Crippen molar-refractivity contribution in [3.8, 4) is 0 Å². The fraction of sp³-hybridized carbons (Fsp3) is 0.136. The number of carbonyl (C=O) groups is 1. The first-order valence-corrected chi connectivity index (χ1v) is 9.48. The van der Waals surface area contributed by atoms with Gasteiger partial charge < -0.3 is 10.2 Å². The van der Waals surface area contributed by atoms with Crippen molar-refractivity contribution in [3.63, 3.8) is 0 Å². The molecule has 4 rings (SSSR count). The standard InChI is InChI=1S/C22H19BrN2O/c23-19-6-2-3-7-20(19)24-22(26)18-11-9-16(10-12-18)15-25-14-13-17-5-1-4-8-21(17)25/h1-12H,13-15H2,(H,24,26). The van der Waals surface area contributed by atoms with Crippen LogP contribution in [0.4, 0.5) is 11.4 Å². The third-order valence-electron chi connectivity index (χ3n) is 4.69. The van der Waals surface area contributed by atoms with Crippen LogP contribution in [-0.2, 0) is 13.0 Å². The first-order valence-electron chi connectivity index (χ1n) is 8.68. The van der Waals surface area contributed by atoms with E-state index in [1.165, 1.54) is 16.8 Å². The Balaban J connectivity index is 1.44. The monoisotopic (exact) mass is 406 g/mol. The van der Waals surface area contributed by atoms with Gasteiger partial charge in [0.1, 0.15) is 0 Å². The molecule has 0 saturated carbocycles. The fourth-order valence-corrected chi connectivity index (χ4v) is 3.69. The molecule has 0 aliphatic carbocycles. The highest BCUT2D eigenvalue weighted by atomic mass is 79.9. The zero-order chi connectivity index (χ0) is 17.9. The van der Waals surface area contributed by atoms with E-state index in [0.717, 1.165) is 29.7 Å². The van der Waals surface area contributed by atoms with Crippen molar-refractivity contribution in [3.05, 3.63) is 94.0 Å². The summed E-state index contributed by atoms with van der Waals surface area (Å²) in [5.74, 6) is -0.102. The van der Waals surface area contributed by atoms with Gasteiger partial charge in [-0.1, -0.05) is 42.5 Å². The van der Waals surface area contributed by atoms with Crippen molar-refractivity contribution in [1.82, 2.24) is 0 Å². The van der Waals surface area contributed by atoms with Gasteiger partial charge >= 0.3 is 0 Å². The summed E-state index contributed by atoms with van der Waals surface area (Å²) in [7, 11) is 0. The van der Waals surface area contributed by atoms with Crippen molar-refractivity contribution in [2.75, 3.05) is 16.8 Å². The van der Waals surface area contributed by atoms with Crippen LogP contribution < -0.4 is 10.2 Å².